The number of hydrogen-bond donors (Lipinski definition) is 2. The number of hydrogen-bond acceptors (Lipinski definition) is 5. The number of aliphatic carboxylic acids is 1. The molecular weight excluding hydrogens is 365 g/mol. The number of sulfonamides is 1. The summed E-state index contributed by atoms with van der Waals surface area (Å²) in [5, 5.41) is 9.17. The number of carboxylic acid groups (broad SMARTS) is 1. The number of benzene rings is 1. The third-order valence-corrected chi connectivity index (χ3v) is 5.48. The highest BCUT2D eigenvalue weighted by atomic mass is 32.2. The molecule has 0 aliphatic carbocycles. The Morgan fingerprint density at radius 3 is 2.73 bits per heavy atom. The van der Waals surface area contributed by atoms with Crippen LogP contribution in [0.5, 0.6) is 5.75 Å². The molecule has 1 aromatic carbocycles. The van der Waals surface area contributed by atoms with E-state index < -0.39 is 27.9 Å². The van der Waals surface area contributed by atoms with Crippen LogP contribution < -0.4 is 9.46 Å². The Hall–Kier alpha value is -1.71. The van der Waals surface area contributed by atoms with Crippen molar-refractivity contribution in [3.05, 3.63) is 24.0 Å². The predicted molar refractivity (Wildman–Crippen MR) is 92.0 cm³/mol. The van der Waals surface area contributed by atoms with Gasteiger partial charge in [0.2, 0.25) is 10.0 Å². The molecule has 146 valence electrons. The molecule has 1 aliphatic rings. The first kappa shape index (κ1) is 20.6. The summed E-state index contributed by atoms with van der Waals surface area (Å²) < 4.78 is 51.6. The number of carboxylic acids is 1. The average molecular weight is 389 g/mol. The van der Waals surface area contributed by atoms with E-state index in [0.717, 1.165) is 12.5 Å². The lowest BCUT2D eigenvalue weighted by atomic mass is 10.1. The lowest BCUT2D eigenvalue weighted by molar-refractivity contribution is -0.139. The monoisotopic (exact) mass is 389 g/mol. The molecule has 1 aromatic rings. The van der Waals surface area contributed by atoms with Gasteiger partial charge in [0, 0.05) is 12.5 Å². The van der Waals surface area contributed by atoms with Gasteiger partial charge in [-0.05, 0) is 37.0 Å². The van der Waals surface area contributed by atoms with Crippen LogP contribution in [0.3, 0.4) is 0 Å². The van der Waals surface area contributed by atoms with Crippen LogP contribution in [-0.4, -0.2) is 45.4 Å². The highest BCUT2D eigenvalue weighted by Gasteiger charge is 2.27. The Kier molecular flexibility index (Phi) is 6.96. The number of carbonyl (C=O) groups is 1. The van der Waals surface area contributed by atoms with E-state index in [1.807, 2.05) is 0 Å². The molecule has 0 bridgehead atoms. The van der Waals surface area contributed by atoms with E-state index in [1.165, 1.54) is 12.1 Å². The molecular formula is C17H24FNO6S. The lowest BCUT2D eigenvalue weighted by Crippen LogP contribution is -2.41. The fourth-order valence-electron chi connectivity index (χ4n) is 2.61. The first-order valence-corrected chi connectivity index (χ1v) is 9.92. The van der Waals surface area contributed by atoms with Gasteiger partial charge in [-0.2, -0.15) is 4.72 Å². The van der Waals surface area contributed by atoms with Gasteiger partial charge in [-0.3, -0.25) is 4.79 Å². The molecule has 1 fully saturated rings. The van der Waals surface area contributed by atoms with Crippen molar-refractivity contribution >= 4 is 16.0 Å². The summed E-state index contributed by atoms with van der Waals surface area (Å²) in [6, 6.07) is 1.98. The van der Waals surface area contributed by atoms with Crippen molar-refractivity contribution in [1.82, 2.24) is 4.72 Å². The third-order valence-electron chi connectivity index (χ3n) is 4.01. The largest absolute Gasteiger partial charge is 0.490 e. The van der Waals surface area contributed by atoms with Gasteiger partial charge in [0.05, 0.1) is 18.1 Å². The maximum atomic E-state index is 14.2. The minimum atomic E-state index is -4.17. The number of rotatable bonds is 9. The second kappa shape index (κ2) is 8.79. The third kappa shape index (κ3) is 5.65. The van der Waals surface area contributed by atoms with Crippen molar-refractivity contribution in [3.63, 3.8) is 0 Å². The fraction of sp³-hybridized carbons (Fsp3) is 0.588. The molecule has 2 atom stereocenters. The molecule has 1 heterocycles. The van der Waals surface area contributed by atoms with Gasteiger partial charge < -0.3 is 14.6 Å². The van der Waals surface area contributed by atoms with E-state index in [2.05, 4.69) is 4.72 Å². The molecule has 0 aromatic heterocycles. The van der Waals surface area contributed by atoms with Crippen LogP contribution in [0.1, 0.15) is 26.7 Å². The first-order valence-electron chi connectivity index (χ1n) is 8.44. The van der Waals surface area contributed by atoms with Gasteiger partial charge in [-0.25, -0.2) is 12.8 Å². The van der Waals surface area contributed by atoms with Gasteiger partial charge in [0.1, 0.15) is 6.04 Å². The minimum Gasteiger partial charge on any atom is -0.490 e. The van der Waals surface area contributed by atoms with Gasteiger partial charge in [-0.1, -0.05) is 13.8 Å². The van der Waals surface area contributed by atoms with E-state index in [-0.39, 0.29) is 35.5 Å². The van der Waals surface area contributed by atoms with Crippen LogP contribution in [0.4, 0.5) is 4.39 Å². The zero-order valence-electron chi connectivity index (χ0n) is 14.8. The van der Waals surface area contributed by atoms with Crippen LogP contribution in [0.25, 0.3) is 0 Å². The van der Waals surface area contributed by atoms with Crippen molar-refractivity contribution in [1.29, 1.82) is 0 Å². The molecule has 9 heteroatoms. The molecule has 0 spiro atoms. The molecule has 1 aliphatic heterocycles. The van der Waals surface area contributed by atoms with Crippen LogP contribution in [-0.2, 0) is 19.6 Å². The van der Waals surface area contributed by atoms with Crippen molar-refractivity contribution < 1.29 is 32.2 Å². The summed E-state index contributed by atoms with van der Waals surface area (Å²) in [5.41, 5.74) is 0. The number of halogens is 1. The lowest BCUT2D eigenvalue weighted by Gasteiger charge is -2.17. The van der Waals surface area contributed by atoms with Gasteiger partial charge in [0.25, 0.3) is 0 Å². The summed E-state index contributed by atoms with van der Waals surface area (Å²) in [6.45, 7) is 5.07. The summed E-state index contributed by atoms with van der Waals surface area (Å²) >= 11 is 0. The Morgan fingerprint density at radius 1 is 1.46 bits per heavy atom. The molecule has 0 saturated carbocycles. The van der Waals surface area contributed by atoms with E-state index in [1.54, 1.807) is 13.8 Å². The first-order chi connectivity index (χ1) is 12.2. The van der Waals surface area contributed by atoms with E-state index in [4.69, 9.17) is 9.47 Å². The van der Waals surface area contributed by atoms with E-state index >= 15 is 0 Å². The normalized spacial score (nSPS) is 18.8. The molecule has 2 N–H and O–H groups in total. The van der Waals surface area contributed by atoms with Gasteiger partial charge in [0.15, 0.2) is 11.6 Å². The summed E-state index contributed by atoms with van der Waals surface area (Å²) in [4.78, 5) is 10.9. The molecule has 1 saturated heterocycles. The summed E-state index contributed by atoms with van der Waals surface area (Å²) in [5.74, 6) is -1.98. The molecule has 26 heavy (non-hydrogen) atoms. The Labute approximate surface area is 152 Å². The Morgan fingerprint density at radius 2 is 2.19 bits per heavy atom. The smallest absolute Gasteiger partial charge is 0.321 e. The number of ether oxygens (including phenoxy) is 2. The zero-order valence-corrected chi connectivity index (χ0v) is 15.6. The van der Waals surface area contributed by atoms with Crippen molar-refractivity contribution in [2.24, 2.45) is 11.8 Å². The van der Waals surface area contributed by atoms with E-state index in [0.29, 0.717) is 13.2 Å². The second-order valence-corrected chi connectivity index (χ2v) is 8.49. The van der Waals surface area contributed by atoms with Crippen LogP contribution >= 0.6 is 0 Å². The fourth-order valence-corrected chi connectivity index (χ4v) is 3.83. The maximum Gasteiger partial charge on any atom is 0.321 e. The Bertz CT molecular complexity index is 731. The maximum absolute atomic E-state index is 14.2. The van der Waals surface area contributed by atoms with E-state index in [9.17, 15) is 22.7 Å². The summed E-state index contributed by atoms with van der Waals surface area (Å²) in [7, 11) is -4.17. The van der Waals surface area contributed by atoms with Crippen molar-refractivity contribution in [3.8, 4) is 5.75 Å². The minimum absolute atomic E-state index is 0.0223. The predicted octanol–water partition coefficient (Wildman–Crippen LogP) is 2.02. The molecule has 0 radical (unpaired) electrons. The van der Waals surface area contributed by atoms with Gasteiger partial charge in [-0.15, -0.1) is 0 Å². The average Bonchev–Trinajstić information content (AvgIpc) is 3.05. The van der Waals surface area contributed by atoms with Crippen LogP contribution in [0, 0.1) is 17.7 Å². The zero-order chi connectivity index (χ0) is 19.3. The van der Waals surface area contributed by atoms with Crippen LogP contribution in [0.15, 0.2) is 23.1 Å². The van der Waals surface area contributed by atoms with Crippen molar-refractivity contribution in [2.75, 3.05) is 19.8 Å². The standard InChI is InChI=1S/C17H24FNO6S/c1-11(2)7-15(17(20)21)19-26(22,23)13-3-4-16(14(18)8-13)25-10-12-5-6-24-9-12/h3-4,8,11-12,15,19H,5-7,9-10H2,1-2H3,(H,20,21). The highest BCUT2D eigenvalue weighted by molar-refractivity contribution is 7.89. The summed E-state index contributed by atoms with van der Waals surface area (Å²) in [6.07, 6.45) is 0.964. The molecule has 2 unspecified atom stereocenters. The Balaban J connectivity index is 2.08. The van der Waals surface area contributed by atoms with Crippen LogP contribution in [0.2, 0.25) is 0 Å². The molecule has 0 amide bonds. The number of nitrogens with one attached hydrogen (secondary N) is 1. The van der Waals surface area contributed by atoms with Gasteiger partial charge >= 0.3 is 5.97 Å². The second-order valence-electron chi connectivity index (χ2n) is 6.77. The topological polar surface area (TPSA) is 102 Å². The molecule has 7 nitrogen and oxygen atoms in total. The quantitative estimate of drug-likeness (QED) is 0.670. The SMILES string of the molecule is CC(C)CC(NS(=O)(=O)c1ccc(OCC2CCOC2)c(F)c1)C(=O)O. The molecule has 2 rings (SSSR count). The highest BCUT2D eigenvalue weighted by Crippen LogP contribution is 2.23. The van der Waals surface area contributed by atoms with Crippen molar-refractivity contribution in [2.45, 2.75) is 37.6 Å².